The quantitative estimate of drug-likeness (QED) is 0.596. The molecule has 3 aromatic rings. The fourth-order valence-electron chi connectivity index (χ4n) is 4.10. The van der Waals surface area contributed by atoms with E-state index in [9.17, 15) is 26.7 Å². The number of aromatic nitrogens is 3. The molecule has 1 aliphatic heterocycles. The van der Waals surface area contributed by atoms with Gasteiger partial charge in [0.1, 0.15) is 23.4 Å². The van der Waals surface area contributed by atoms with E-state index >= 15 is 0 Å². The number of nitrogens with zero attached hydrogens (tertiary/aromatic N) is 3. The van der Waals surface area contributed by atoms with E-state index in [1.807, 2.05) is 0 Å². The highest BCUT2D eigenvalue weighted by Crippen LogP contribution is 2.45. The lowest BCUT2D eigenvalue weighted by atomic mass is 9.79. The van der Waals surface area contributed by atoms with Gasteiger partial charge in [0.25, 0.3) is 5.82 Å². The molecule has 0 spiro atoms. The van der Waals surface area contributed by atoms with Crippen LogP contribution in [0.4, 0.5) is 27.9 Å². The molecule has 31 heavy (non-hydrogen) atoms. The molecule has 11 heteroatoms. The molecule has 1 aromatic carbocycles. The second kappa shape index (κ2) is 6.76. The van der Waals surface area contributed by atoms with Gasteiger partial charge in [-0.25, -0.2) is 13.5 Å². The molecule has 0 amide bonds. The number of fused-ring (bicyclic) bond motifs is 1. The number of hydrogen-bond donors (Lipinski definition) is 1. The summed E-state index contributed by atoms with van der Waals surface area (Å²) in [4.78, 5) is 16.6. The Morgan fingerprint density at radius 1 is 1.13 bits per heavy atom. The normalized spacial score (nSPS) is 21.0. The van der Waals surface area contributed by atoms with E-state index in [0.717, 1.165) is 16.8 Å². The van der Waals surface area contributed by atoms with Crippen molar-refractivity contribution in [2.45, 2.75) is 31.0 Å². The smallest absolute Gasteiger partial charge is 0.453 e. The molecule has 0 fully saturated rings. The van der Waals surface area contributed by atoms with Crippen LogP contribution in [-0.4, -0.2) is 20.5 Å². The van der Waals surface area contributed by atoms with Gasteiger partial charge in [0.15, 0.2) is 5.78 Å². The van der Waals surface area contributed by atoms with Gasteiger partial charge in [-0.2, -0.15) is 18.2 Å². The van der Waals surface area contributed by atoms with Crippen LogP contribution >= 0.6 is 0 Å². The first kappa shape index (κ1) is 19.5. The molecule has 6 nitrogen and oxygen atoms in total. The first-order chi connectivity index (χ1) is 14.7. The first-order valence-corrected chi connectivity index (χ1v) is 9.27. The number of hydrogen-bond acceptors (Lipinski definition) is 5. The van der Waals surface area contributed by atoms with Crippen LogP contribution in [0.3, 0.4) is 0 Å². The summed E-state index contributed by atoms with van der Waals surface area (Å²) < 4.78 is 73.8. The van der Waals surface area contributed by atoms with Gasteiger partial charge in [-0.15, -0.1) is 5.10 Å². The Morgan fingerprint density at radius 2 is 1.87 bits per heavy atom. The van der Waals surface area contributed by atoms with E-state index in [2.05, 4.69) is 15.4 Å². The second-order valence-corrected chi connectivity index (χ2v) is 7.37. The van der Waals surface area contributed by atoms with E-state index in [4.69, 9.17) is 4.42 Å². The molecular formula is C20H13F5N4O2. The fourth-order valence-corrected chi connectivity index (χ4v) is 4.10. The number of benzene rings is 1. The molecule has 160 valence electrons. The average Bonchev–Trinajstić information content (AvgIpc) is 3.34. The number of furan rings is 1. The summed E-state index contributed by atoms with van der Waals surface area (Å²) >= 11 is 0. The number of halogens is 5. The van der Waals surface area contributed by atoms with Crippen molar-refractivity contribution in [2.24, 2.45) is 0 Å². The maximum Gasteiger partial charge on any atom is 0.453 e. The van der Waals surface area contributed by atoms with E-state index in [-0.39, 0.29) is 41.6 Å². The number of allylic oxidation sites excluding steroid dienone is 2. The molecule has 2 aliphatic rings. The van der Waals surface area contributed by atoms with Gasteiger partial charge >= 0.3 is 6.18 Å². The van der Waals surface area contributed by atoms with Crippen LogP contribution in [0, 0.1) is 11.6 Å². The molecule has 3 heterocycles. The zero-order chi connectivity index (χ0) is 21.9. The van der Waals surface area contributed by atoms with Gasteiger partial charge in [0, 0.05) is 29.7 Å². The molecule has 1 N–H and O–H groups in total. The number of carbonyl (C=O) groups excluding carboxylic acids is 1. The van der Waals surface area contributed by atoms with Gasteiger partial charge in [0.05, 0.1) is 6.26 Å². The summed E-state index contributed by atoms with van der Waals surface area (Å²) in [5.41, 5.74) is 0.371. The molecule has 5 rings (SSSR count). The van der Waals surface area contributed by atoms with Crippen molar-refractivity contribution in [3.05, 3.63) is 76.6 Å². The highest BCUT2D eigenvalue weighted by atomic mass is 19.4. The minimum Gasteiger partial charge on any atom is -0.469 e. The largest absolute Gasteiger partial charge is 0.469 e. The summed E-state index contributed by atoms with van der Waals surface area (Å²) in [6, 6.07) is 4.69. The number of ketones is 1. The molecule has 0 radical (unpaired) electrons. The van der Waals surface area contributed by atoms with E-state index in [1.165, 1.54) is 6.26 Å². The Hall–Kier alpha value is -3.50. The zero-order valence-electron chi connectivity index (χ0n) is 15.6. The fraction of sp³-hybridized carbons (Fsp3) is 0.250. The van der Waals surface area contributed by atoms with Crippen molar-refractivity contribution in [1.82, 2.24) is 14.8 Å². The maximum atomic E-state index is 13.9. The number of carbonyl (C=O) groups is 1. The topological polar surface area (TPSA) is 73.0 Å². The number of rotatable bonds is 2. The molecule has 0 saturated carbocycles. The minimum atomic E-state index is -4.84. The van der Waals surface area contributed by atoms with Crippen molar-refractivity contribution in [3.8, 4) is 0 Å². The van der Waals surface area contributed by atoms with Gasteiger partial charge in [-0.3, -0.25) is 4.79 Å². The average molecular weight is 436 g/mol. The Morgan fingerprint density at radius 3 is 2.52 bits per heavy atom. The maximum absolute atomic E-state index is 13.9. The Balaban J connectivity index is 1.67. The monoisotopic (exact) mass is 436 g/mol. The number of nitrogens with one attached hydrogen (secondary N) is 1. The summed E-state index contributed by atoms with van der Waals surface area (Å²) in [5, 5.41) is 6.26. The minimum absolute atomic E-state index is 0.0263. The second-order valence-electron chi connectivity index (χ2n) is 7.37. The predicted molar refractivity (Wildman–Crippen MR) is 95.9 cm³/mol. The number of alkyl halides is 3. The third kappa shape index (κ3) is 3.29. The van der Waals surface area contributed by atoms with E-state index in [0.29, 0.717) is 17.5 Å². The first-order valence-electron chi connectivity index (χ1n) is 9.27. The van der Waals surface area contributed by atoms with Crippen LogP contribution in [0.1, 0.15) is 41.9 Å². The molecular weight excluding hydrogens is 423 g/mol. The van der Waals surface area contributed by atoms with Gasteiger partial charge in [-0.05, 0) is 36.2 Å². The van der Waals surface area contributed by atoms with Crippen LogP contribution in [0.15, 0.2) is 52.3 Å². The SMILES string of the molecule is O=C1C[C@@H](c2ccco2)CC2=C1[C@H](c1cc(F)cc(F)c1)n1nc(C(F)(F)F)nc1N2. The van der Waals surface area contributed by atoms with Crippen LogP contribution < -0.4 is 5.32 Å². The summed E-state index contributed by atoms with van der Waals surface area (Å²) in [6.45, 7) is 0. The number of anilines is 1. The molecule has 0 bridgehead atoms. The van der Waals surface area contributed by atoms with Crippen LogP contribution in [-0.2, 0) is 11.0 Å². The lowest BCUT2D eigenvalue weighted by Gasteiger charge is -2.34. The van der Waals surface area contributed by atoms with Crippen molar-refractivity contribution >= 4 is 11.7 Å². The van der Waals surface area contributed by atoms with Crippen molar-refractivity contribution in [3.63, 3.8) is 0 Å². The lowest BCUT2D eigenvalue weighted by molar-refractivity contribution is -0.145. The van der Waals surface area contributed by atoms with Gasteiger partial charge < -0.3 is 9.73 Å². The molecule has 2 atom stereocenters. The molecule has 2 aromatic heterocycles. The Bertz CT molecular complexity index is 1190. The standard InChI is InChI=1S/C20H13F5N4O2/c21-11-4-10(5-12(22)8-11)17-16-13(6-9(7-14(16)30)15-2-1-3-31-15)26-19-27-18(20(23,24)25)28-29(17)19/h1-5,8-9,17H,6-7H2,(H,26,27,28)/t9-,17-/m0/s1. The summed E-state index contributed by atoms with van der Waals surface area (Å²) in [7, 11) is 0. The Labute approximate surface area is 171 Å². The summed E-state index contributed by atoms with van der Waals surface area (Å²) in [5.74, 6) is -3.72. The zero-order valence-corrected chi connectivity index (χ0v) is 15.6. The highest BCUT2D eigenvalue weighted by molar-refractivity contribution is 6.00. The third-order valence-corrected chi connectivity index (χ3v) is 5.32. The van der Waals surface area contributed by atoms with E-state index < -0.39 is 29.7 Å². The predicted octanol–water partition coefficient (Wildman–Crippen LogP) is 4.58. The van der Waals surface area contributed by atoms with Crippen LogP contribution in [0.5, 0.6) is 0 Å². The van der Waals surface area contributed by atoms with Crippen LogP contribution in [0.2, 0.25) is 0 Å². The molecule has 0 unspecified atom stereocenters. The lowest BCUT2D eigenvalue weighted by Crippen LogP contribution is -2.33. The van der Waals surface area contributed by atoms with Crippen molar-refractivity contribution in [2.75, 3.05) is 5.32 Å². The molecule has 1 aliphatic carbocycles. The third-order valence-electron chi connectivity index (χ3n) is 5.32. The van der Waals surface area contributed by atoms with Crippen LogP contribution in [0.25, 0.3) is 0 Å². The summed E-state index contributed by atoms with van der Waals surface area (Å²) in [6.07, 6.45) is -3.11. The van der Waals surface area contributed by atoms with Crippen molar-refractivity contribution in [1.29, 1.82) is 0 Å². The number of Topliss-reactive ketones (excluding diaryl/α,β-unsaturated/α-hetero) is 1. The highest BCUT2D eigenvalue weighted by Gasteiger charge is 2.44. The van der Waals surface area contributed by atoms with Crippen molar-refractivity contribution < 1.29 is 31.2 Å². The molecule has 0 saturated heterocycles. The van der Waals surface area contributed by atoms with E-state index in [1.54, 1.807) is 12.1 Å². The van der Waals surface area contributed by atoms with Gasteiger partial charge in [0.2, 0.25) is 5.95 Å². The van der Waals surface area contributed by atoms with Gasteiger partial charge in [-0.1, -0.05) is 0 Å². The Kier molecular flexibility index (Phi) is 4.24.